The summed E-state index contributed by atoms with van der Waals surface area (Å²) in [6.07, 6.45) is 0. The molecule has 2 aromatic carbocycles. The molecule has 0 saturated heterocycles. The number of hydrogen-bond acceptors (Lipinski definition) is 5. The van der Waals surface area contributed by atoms with E-state index < -0.39 is 10.0 Å². The van der Waals surface area contributed by atoms with Crippen LogP contribution in [0.25, 0.3) is 22.4 Å². The molecule has 1 heterocycles. The molecule has 0 unspecified atom stereocenters. The van der Waals surface area contributed by atoms with Gasteiger partial charge >= 0.3 is 0 Å². The van der Waals surface area contributed by atoms with Crippen LogP contribution in [0.1, 0.15) is 0 Å². The second kappa shape index (κ2) is 7.56. The van der Waals surface area contributed by atoms with Gasteiger partial charge in [0, 0.05) is 17.2 Å². The number of ether oxygens (including phenoxy) is 2. The van der Waals surface area contributed by atoms with E-state index in [0.717, 1.165) is 16.7 Å². The first kappa shape index (κ1) is 19.2. The lowest BCUT2D eigenvalue weighted by molar-refractivity contribution is 0.398. The van der Waals surface area contributed by atoms with E-state index in [-0.39, 0.29) is 4.90 Å². The maximum absolute atomic E-state index is 11.5. The molecule has 2 N–H and O–H groups in total. The van der Waals surface area contributed by atoms with Crippen molar-refractivity contribution < 1.29 is 17.9 Å². The second-order valence-corrected chi connectivity index (χ2v) is 7.64. The average molecular weight is 405 g/mol. The summed E-state index contributed by atoms with van der Waals surface area (Å²) in [5, 5.41) is 5.62. The Bertz CT molecular complexity index is 1080. The van der Waals surface area contributed by atoms with Crippen LogP contribution in [0.5, 0.6) is 11.6 Å². The molecule has 0 atom stereocenters. The van der Waals surface area contributed by atoms with Crippen LogP contribution in [-0.4, -0.2) is 27.6 Å². The zero-order chi connectivity index (χ0) is 19.6. The predicted octanol–water partition coefficient (Wildman–Crippen LogP) is 3.73. The number of nitrogens with two attached hydrogens (primary N) is 1. The zero-order valence-electron chi connectivity index (χ0n) is 14.6. The maximum atomic E-state index is 11.5. The van der Waals surface area contributed by atoms with Crippen LogP contribution in [0.3, 0.4) is 0 Å². The number of benzene rings is 2. The van der Waals surface area contributed by atoms with Gasteiger partial charge in [-0.25, -0.2) is 18.5 Å². The highest BCUT2D eigenvalue weighted by Crippen LogP contribution is 2.36. The van der Waals surface area contributed by atoms with Gasteiger partial charge in [-0.2, -0.15) is 0 Å². The summed E-state index contributed by atoms with van der Waals surface area (Å²) in [7, 11) is -0.675. The summed E-state index contributed by atoms with van der Waals surface area (Å²) in [5.74, 6) is 1.00. The van der Waals surface area contributed by atoms with Crippen LogP contribution in [-0.2, 0) is 10.0 Å². The molecule has 0 aliphatic heterocycles. The molecule has 27 heavy (non-hydrogen) atoms. The largest absolute Gasteiger partial charge is 0.495 e. The van der Waals surface area contributed by atoms with Crippen LogP contribution < -0.4 is 14.6 Å². The van der Waals surface area contributed by atoms with Crippen molar-refractivity contribution in [1.29, 1.82) is 0 Å². The normalized spacial score (nSPS) is 11.3. The standard InChI is InChI=1S/C19H17ClN2O4S/c1-25-17-9-5-13(11-16(17)20)19-15(8-10-18(22-19)26-2)12-3-6-14(7-4-12)27(21,23)24/h3-11H,1-2H3,(H2,21,23,24). The van der Waals surface area contributed by atoms with Gasteiger partial charge in [0.25, 0.3) is 0 Å². The highest BCUT2D eigenvalue weighted by Gasteiger charge is 2.14. The molecule has 8 heteroatoms. The van der Waals surface area contributed by atoms with E-state index >= 15 is 0 Å². The highest BCUT2D eigenvalue weighted by atomic mass is 35.5. The number of methoxy groups -OCH3 is 2. The first-order valence-corrected chi connectivity index (χ1v) is 9.78. The number of halogens is 1. The van der Waals surface area contributed by atoms with Crippen molar-refractivity contribution in [2.75, 3.05) is 14.2 Å². The third-order valence-electron chi connectivity index (χ3n) is 4.00. The molecule has 0 aliphatic carbocycles. The molecule has 140 valence electrons. The molecule has 0 spiro atoms. The molecule has 0 saturated carbocycles. The predicted molar refractivity (Wildman–Crippen MR) is 105 cm³/mol. The summed E-state index contributed by atoms with van der Waals surface area (Å²) in [6.45, 7) is 0. The second-order valence-electron chi connectivity index (χ2n) is 5.67. The molecule has 1 aromatic heterocycles. The number of rotatable bonds is 5. The lowest BCUT2D eigenvalue weighted by Crippen LogP contribution is -2.11. The summed E-state index contributed by atoms with van der Waals surface area (Å²) >= 11 is 6.26. The van der Waals surface area contributed by atoms with E-state index in [1.807, 2.05) is 12.1 Å². The Hall–Kier alpha value is -2.61. The van der Waals surface area contributed by atoms with Gasteiger partial charge in [0.2, 0.25) is 15.9 Å². The van der Waals surface area contributed by atoms with E-state index in [1.165, 1.54) is 19.2 Å². The van der Waals surface area contributed by atoms with E-state index in [1.54, 1.807) is 37.4 Å². The molecule has 0 radical (unpaired) electrons. The molecule has 0 fully saturated rings. The monoisotopic (exact) mass is 404 g/mol. The third kappa shape index (κ3) is 4.05. The summed E-state index contributed by atoms with van der Waals surface area (Å²) in [4.78, 5) is 4.58. The van der Waals surface area contributed by atoms with Gasteiger partial charge in [-0.15, -0.1) is 0 Å². The quantitative estimate of drug-likeness (QED) is 0.699. The summed E-state index contributed by atoms with van der Waals surface area (Å²) in [5.41, 5.74) is 2.98. The smallest absolute Gasteiger partial charge is 0.238 e. The third-order valence-corrected chi connectivity index (χ3v) is 5.22. The van der Waals surface area contributed by atoms with Gasteiger partial charge in [-0.1, -0.05) is 23.7 Å². The average Bonchev–Trinajstić information content (AvgIpc) is 2.67. The van der Waals surface area contributed by atoms with E-state index in [0.29, 0.717) is 22.3 Å². The Kier molecular flexibility index (Phi) is 5.36. The number of primary sulfonamides is 1. The van der Waals surface area contributed by atoms with Crippen LogP contribution >= 0.6 is 11.6 Å². The molecular weight excluding hydrogens is 388 g/mol. The van der Waals surface area contributed by atoms with Crippen molar-refractivity contribution >= 4 is 21.6 Å². The molecule has 0 aliphatic rings. The van der Waals surface area contributed by atoms with Crippen LogP contribution in [0.15, 0.2) is 59.5 Å². The van der Waals surface area contributed by atoms with Gasteiger partial charge in [0.15, 0.2) is 0 Å². The lowest BCUT2D eigenvalue weighted by Gasteiger charge is -2.13. The molecule has 3 aromatic rings. The van der Waals surface area contributed by atoms with E-state index in [2.05, 4.69) is 4.98 Å². The first-order valence-electron chi connectivity index (χ1n) is 7.85. The topological polar surface area (TPSA) is 91.5 Å². The van der Waals surface area contributed by atoms with Gasteiger partial charge in [-0.05, 0) is 42.0 Å². The lowest BCUT2D eigenvalue weighted by atomic mass is 9.99. The minimum atomic E-state index is -3.76. The van der Waals surface area contributed by atoms with Crippen LogP contribution in [0.2, 0.25) is 5.02 Å². The Balaban J connectivity index is 2.15. The van der Waals surface area contributed by atoms with Crippen molar-refractivity contribution in [1.82, 2.24) is 4.98 Å². The fourth-order valence-electron chi connectivity index (χ4n) is 2.65. The molecule has 6 nitrogen and oxygen atoms in total. The fraction of sp³-hybridized carbons (Fsp3) is 0.105. The van der Waals surface area contributed by atoms with Gasteiger partial charge < -0.3 is 9.47 Å². The van der Waals surface area contributed by atoms with Crippen molar-refractivity contribution in [2.45, 2.75) is 4.90 Å². The van der Waals surface area contributed by atoms with Crippen LogP contribution in [0.4, 0.5) is 0 Å². The number of aromatic nitrogens is 1. The number of hydrogen-bond donors (Lipinski definition) is 1. The van der Waals surface area contributed by atoms with Gasteiger partial charge in [0.1, 0.15) is 5.75 Å². The van der Waals surface area contributed by atoms with Gasteiger partial charge in [0.05, 0.1) is 29.8 Å². The van der Waals surface area contributed by atoms with E-state index in [4.69, 9.17) is 26.2 Å². The number of sulfonamides is 1. The number of pyridine rings is 1. The Morgan fingerprint density at radius 1 is 0.926 bits per heavy atom. The SMILES string of the molecule is COc1ccc(-c2ccc(S(N)(=O)=O)cc2)c(-c2ccc(OC)c(Cl)c2)n1. The fourth-order valence-corrected chi connectivity index (χ4v) is 3.42. The molecular formula is C19H17ClN2O4S. The summed E-state index contributed by atoms with van der Waals surface area (Å²) < 4.78 is 33.4. The zero-order valence-corrected chi connectivity index (χ0v) is 16.2. The van der Waals surface area contributed by atoms with E-state index in [9.17, 15) is 8.42 Å². The minimum Gasteiger partial charge on any atom is -0.495 e. The highest BCUT2D eigenvalue weighted by molar-refractivity contribution is 7.89. The van der Waals surface area contributed by atoms with Crippen molar-refractivity contribution in [3.63, 3.8) is 0 Å². The molecule has 0 bridgehead atoms. The number of nitrogens with zero attached hydrogens (tertiary/aromatic N) is 1. The van der Waals surface area contributed by atoms with Gasteiger partial charge in [-0.3, -0.25) is 0 Å². The maximum Gasteiger partial charge on any atom is 0.238 e. The Labute approximate surface area is 162 Å². The van der Waals surface area contributed by atoms with Crippen molar-refractivity contribution in [3.05, 3.63) is 59.6 Å². The minimum absolute atomic E-state index is 0.0433. The molecule has 0 amide bonds. The summed E-state index contributed by atoms with van der Waals surface area (Å²) in [6, 6.07) is 15.2. The van der Waals surface area contributed by atoms with Crippen molar-refractivity contribution in [3.8, 4) is 34.0 Å². The Morgan fingerprint density at radius 3 is 2.15 bits per heavy atom. The van der Waals surface area contributed by atoms with Crippen LogP contribution in [0, 0.1) is 0 Å². The molecule has 3 rings (SSSR count). The Morgan fingerprint density at radius 2 is 1.59 bits per heavy atom. The first-order chi connectivity index (χ1) is 12.8. The van der Waals surface area contributed by atoms with Crippen molar-refractivity contribution in [2.24, 2.45) is 5.14 Å².